The molecule has 0 aliphatic heterocycles. The molecular formula is C14H22N2OS. The molecule has 100 valence electrons. The number of amides is 1. The molecule has 0 radical (unpaired) electrons. The smallest absolute Gasteiger partial charge is 0.252 e. The summed E-state index contributed by atoms with van der Waals surface area (Å²) in [6, 6.07) is 7.58. The van der Waals surface area contributed by atoms with Crippen molar-refractivity contribution in [2.45, 2.75) is 31.7 Å². The van der Waals surface area contributed by atoms with Gasteiger partial charge in [-0.05, 0) is 23.8 Å². The van der Waals surface area contributed by atoms with Crippen molar-refractivity contribution in [3.63, 3.8) is 0 Å². The number of benzene rings is 1. The van der Waals surface area contributed by atoms with Crippen LogP contribution in [-0.4, -0.2) is 24.7 Å². The fraction of sp³-hybridized carbons (Fsp3) is 0.500. The van der Waals surface area contributed by atoms with Gasteiger partial charge in [0.25, 0.3) is 5.91 Å². The topological polar surface area (TPSA) is 55.1 Å². The number of carbonyl (C=O) groups excluding carboxylic acids is 1. The van der Waals surface area contributed by atoms with Crippen molar-refractivity contribution in [2.24, 2.45) is 11.1 Å². The standard InChI is InChI=1S/C14H22N2OS/c1-14(2,3)12(9-15)16-13(17)10-7-5-6-8-11(10)18-4/h5-8,12H,9,15H2,1-4H3,(H,16,17). The third kappa shape index (κ3) is 3.75. The van der Waals surface area contributed by atoms with Gasteiger partial charge in [-0.25, -0.2) is 0 Å². The quantitative estimate of drug-likeness (QED) is 0.823. The van der Waals surface area contributed by atoms with Crippen LogP contribution >= 0.6 is 11.8 Å². The van der Waals surface area contributed by atoms with Gasteiger partial charge in [-0.2, -0.15) is 0 Å². The summed E-state index contributed by atoms with van der Waals surface area (Å²) in [7, 11) is 0. The summed E-state index contributed by atoms with van der Waals surface area (Å²) in [5, 5.41) is 3.02. The van der Waals surface area contributed by atoms with E-state index in [1.165, 1.54) is 0 Å². The first kappa shape index (κ1) is 15.1. The number of nitrogens with one attached hydrogen (secondary N) is 1. The molecule has 3 N–H and O–H groups in total. The maximum Gasteiger partial charge on any atom is 0.252 e. The van der Waals surface area contributed by atoms with Gasteiger partial charge in [-0.3, -0.25) is 4.79 Å². The zero-order chi connectivity index (χ0) is 13.8. The number of carbonyl (C=O) groups is 1. The normalized spacial score (nSPS) is 13.2. The lowest BCUT2D eigenvalue weighted by Gasteiger charge is -2.30. The van der Waals surface area contributed by atoms with Crippen LogP contribution in [0, 0.1) is 5.41 Å². The Kier molecular flexibility index (Phi) is 5.23. The van der Waals surface area contributed by atoms with Crippen molar-refractivity contribution in [2.75, 3.05) is 12.8 Å². The van der Waals surface area contributed by atoms with Crippen LogP contribution in [0.2, 0.25) is 0 Å². The third-order valence-electron chi connectivity index (χ3n) is 2.94. The molecule has 1 aromatic rings. The fourth-order valence-corrected chi connectivity index (χ4v) is 2.29. The molecule has 0 fully saturated rings. The van der Waals surface area contributed by atoms with Gasteiger partial charge in [0.1, 0.15) is 0 Å². The van der Waals surface area contributed by atoms with Crippen LogP contribution in [0.4, 0.5) is 0 Å². The van der Waals surface area contributed by atoms with E-state index in [-0.39, 0.29) is 17.4 Å². The van der Waals surface area contributed by atoms with Crippen molar-refractivity contribution in [3.8, 4) is 0 Å². The highest BCUT2D eigenvalue weighted by atomic mass is 32.2. The van der Waals surface area contributed by atoms with E-state index in [1.807, 2.05) is 30.5 Å². The van der Waals surface area contributed by atoms with E-state index in [4.69, 9.17) is 5.73 Å². The number of rotatable bonds is 4. The van der Waals surface area contributed by atoms with Crippen molar-refractivity contribution < 1.29 is 4.79 Å². The Bertz CT molecular complexity index is 413. The monoisotopic (exact) mass is 266 g/mol. The van der Waals surface area contributed by atoms with Gasteiger partial charge >= 0.3 is 0 Å². The molecule has 0 saturated carbocycles. The van der Waals surface area contributed by atoms with Crippen molar-refractivity contribution in [1.82, 2.24) is 5.32 Å². The Balaban J connectivity index is 2.88. The van der Waals surface area contributed by atoms with E-state index >= 15 is 0 Å². The van der Waals surface area contributed by atoms with Gasteiger partial charge in [-0.1, -0.05) is 32.9 Å². The number of thioether (sulfide) groups is 1. The molecule has 4 heteroatoms. The molecule has 3 nitrogen and oxygen atoms in total. The lowest BCUT2D eigenvalue weighted by atomic mass is 9.86. The first-order valence-electron chi connectivity index (χ1n) is 6.04. The van der Waals surface area contributed by atoms with Crippen LogP contribution in [0.25, 0.3) is 0 Å². The number of hydrogen-bond acceptors (Lipinski definition) is 3. The molecule has 0 saturated heterocycles. The number of hydrogen-bond donors (Lipinski definition) is 2. The van der Waals surface area contributed by atoms with E-state index in [2.05, 4.69) is 26.1 Å². The minimum absolute atomic E-state index is 0.0279. The Morgan fingerprint density at radius 2 is 2.00 bits per heavy atom. The highest BCUT2D eigenvalue weighted by Crippen LogP contribution is 2.22. The molecule has 0 bridgehead atoms. The van der Waals surface area contributed by atoms with Gasteiger partial charge in [0.05, 0.1) is 5.56 Å². The SMILES string of the molecule is CSc1ccccc1C(=O)NC(CN)C(C)(C)C. The van der Waals surface area contributed by atoms with Crippen LogP contribution in [0.3, 0.4) is 0 Å². The van der Waals surface area contributed by atoms with Crippen molar-refractivity contribution in [3.05, 3.63) is 29.8 Å². The second-order valence-electron chi connectivity index (χ2n) is 5.33. The van der Waals surface area contributed by atoms with Gasteiger partial charge < -0.3 is 11.1 Å². The zero-order valence-corrected chi connectivity index (χ0v) is 12.3. The Morgan fingerprint density at radius 1 is 1.39 bits per heavy atom. The third-order valence-corrected chi connectivity index (χ3v) is 3.73. The van der Waals surface area contributed by atoms with Crippen LogP contribution in [-0.2, 0) is 0 Å². The van der Waals surface area contributed by atoms with E-state index in [0.717, 1.165) is 4.90 Å². The maximum absolute atomic E-state index is 12.3. The van der Waals surface area contributed by atoms with Crippen LogP contribution < -0.4 is 11.1 Å². The summed E-state index contributed by atoms with van der Waals surface area (Å²) in [6.45, 7) is 6.67. The van der Waals surface area contributed by atoms with Crippen LogP contribution in [0.15, 0.2) is 29.2 Å². The van der Waals surface area contributed by atoms with Crippen LogP contribution in [0.1, 0.15) is 31.1 Å². The van der Waals surface area contributed by atoms with Crippen LogP contribution in [0.5, 0.6) is 0 Å². The molecule has 0 aliphatic rings. The molecule has 0 aromatic heterocycles. The molecular weight excluding hydrogens is 244 g/mol. The van der Waals surface area contributed by atoms with Gasteiger partial charge in [0, 0.05) is 17.5 Å². The Hall–Kier alpha value is -1.00. The lowest BCUT2D eigenvalue weighted by Crippen LogP contribution is -2.48. The summed E-state index contributed by atoms with van der Waals surface area (Å²) in [6.07, 6.45) is 1.97. The highest BCUT2D eigenvalue weighted by molar-refractivity contribution is 7.98. The molecule has 0 aliphatic carbocycles. The summed E-state index contributed by atoms with van der Waals surface area (Å²) >= 11 is 1.57. The number of nitrogens with two attached hydrogens (primary N) is 1. The molecule has 18 heavy (non-hydrogen) atoms. The first-order valence-corrected chi connectivity index (χ1v) is 7.26. The van der Waals surface area contributed by atoms with Gasteiger partial charge in [0.15, 0.2) is 0 Å². The Labute approximate surface area is 114 Å². The Morgan fingerprint density at radius 3 is 2.50 bits per heavy atom. The molecule has 0 spiro atoms. The average Bonchev–Trinajstić information content (AvgIpc) is 2.34. The largest absolute Gasteiger partial charge is 0.347 e. The average molecular weight is 266 g/mol. The predicted octanol–water partition coefficient (Wildman–Crippen LogP) is 2.51. The minimum Gasteiger partial charge on any atom is -0.347 e. The minimum atomic E-state index is -0.0506. The highest BCUT2D eigenvalue weighted by Gasteiger charge is 2.25. The maximum atomic E-state index is 12.3. The molecule has 1 aromatic carbocycles. The summed E-state index contributed by atoms with van der Waals surface area (Å²) < 4.78 is 0. The van der Waals surface area contributed by atoms with Crippen molar-refractivity contribution in [1.29, 1.82) is 0 Å². The van der Waals surface area contributed by atoms with E-state index < -0.39 is 0 Å². The molecule has 1 rings (SSSR count). The summed E-state index contributed by atoms with van der Waals surface area (Å²) in [4.78, 5) is 13.2. The van der Waals surface area contributed by atoms with E-state index in [0.29, 0.717) is 12.1 Å². The predicted molar refractivity (Wildman–Crippen MR) is 78.0 cm³/mol. The molecule has 0 heterocycles. The molecule has 1 unspecified atom stereocenters. The molecule has 1 atom stereocenters. The lowest BCUT2D eigenvalue weighted by molar-refractivity contribution is 0.0902. The fourth-order valence-electron chi connectivity index (χ4n) is 1.70. The second kappa shape index (κ2) is 6.25. The first-order chi connectivity index (χ1) is 8.40. The molecule has 1 amide bonds. The van der Waals surface area contributed by atoms with Crippen molar-refractivity contribution >= 4 is 17.7 Å². The zero-order valence-electron chi connectivity index (χ0n) is 11.5. The summed E-state index contributed by atoms with van der Waals surface area (Å²) in [5.41, 5.74) is 6.41. The van der Waals surface area contributed by atoms with Gasteiger partial charge in [-0.15, -0.1) is 11.8 Å². The second-order valence-corrected chi connectivity index (χ2v) is 6.18. The van der Waals surface area contributed by atoms with E-state index in [1.54, 1.807) is 11.8 Å². The van der Waals surface area contributed by atoms with Gasteiger partial charge in [0.2, 0.25) is 0 Å². The summed E-state index contributed by atoms with van der Waals surface area (Å²) in [5.74, 6) is -0.0506. The van der Waals surface area contributed by atoms with E-state index in [9.17, 15) is 4.79 Å².